The lowest BCUT2D eigenvalue weighted by atomic mass is 10.2. The third-order valence-corrected chi connectivity index (χ3v) is 3.53. The zero-order chi connectivity index (χ0) is 12.4. The van der Waals surface area contributed by atoms with E-state index in [0.717, 1.165) is 10.0 Å². The van der Waals surface area contributed by atoms with E-state index in [9.17, 15) is 0 Å². The summed E-state index contributed by atoms with van der Waals surface area (Å²) in [4.78, 5) is 0. The molecule has 0 atom stereocenters. The molecule has 0 aliphatic carbocycles. The van der Waals surface area contributed by atoms with Gasteiger partial charge in [-0.15, -0.1) is 0 Å². The molecule has 2 nitrogen and oxygen atoms in total. The minimum atomic E-state index is 0.496. The predicted molar refractivity (Wildman–Crippen MR) is 74.8 cm³/mol. The summed E-state index contributed by atoms with van der Waals surface area (Å²) >= 11 is 9.47. The minimum absolute atomic E-state index is 0.496. The van der Waals surface area contributed by atoms with Crippen LogP contribution in [0.25, 0.3) is 0 Å². The molecule has 2 N–H and O–H groups in total. The van der Waals surface area contributed by atoms with E-state index >= 15 is 0 Å². The fourth-order valence-corrected chi connectivity index (χ4v) is 1.90. The van der Waals surface area contributed by atoms with Gasteiger partial charge in [-0.3, -0.25) is 0 Å². The summed E-state index contributed by atoms with van der Waals surface area (Å²) in [5, 5.41) is 0.505. The second-order valence-corrected chi connectivity index (χ2v) is 4.93. The molecule has 17 heavy (non-hydrogen) atoms. The molecule has 2 aromatic rings. The topological polar surface area (TPSA) is 35.2 Å². The van der Waals surface area contributed by atoms with Crippen LogP contribution in [0.15, 0.2) is 40.9 Å². The number of aryl methyl sites for hydroxylation is 1. The summed E-state index contributed by atoms with van der Waals surface area (Å²) in [5.74, 6) is 1.21. The molecule has 0 heterocycles. The molecule has 0 spiro atoms. The summed E-state index contributed by atoms with van der Waals surface area (Å²) in [6.45, 7) is 1.99. The molecule has 0 aliphatic heterocycles. The SMILES string of the molecule is Cc1cc(Oc2c(N)cccc2Cl)ccc1Br. The molecule has 2 rings (SSSR count). The van der Waals surface area contributed by atoms with Crippen LogP contribution in [0, 0.1) is 6.92 Å². The maximum absolute atomic E-state index is 6.04. The molecular weight excluding hydrogens is 302 g/mol. The molecule has 4 heteroatoms. The largest absolute Gasteiger partial charge is 0.454 e. The van der Waals surface area contributed by atoms with Gasteiger partial charge in [0.05, 0.1) is 10.7 Å². The summed E-state index contributed by atoms with van der Waals surface area (Å²) in [5.41, 5.74) is 7.44. The van der Waals surface area contributed by atoms with Gasteiger partial charge in [0, 0.05) is 4.47 Å². The predicted octanol–water partition coefficient (Wildman–Crippen LogP) is 4.79. The molecule has 0 unspecified atom stereocenters. The van der Waals surface area contributed by atoms with Gasteiger partial charge in [-0.25, -0.2) is 0 Å². The molecular formula is C13H11BrClNO. The van der Waals surface area contributed by atoms with E-state index in [1.165, 1.54) is 0 Å². The Balaban J connectivity index is 2.35. The number of rotatable bonds is 2. The monoisotopic (exact) mass is 311 g/mol. The van der Waals surface area contributed by atoms with Crippen molar-refractivity contribution in [1.82, 2.24) is 0 Å². The third-order valence-electron chi connectivity index (χ3n) is 2.35. The van der Waals surface area contributed by atoms with Crippen molar-refractivity contribution in [2.45, 2.75) is 6.92 Å². The first-order chi connectivity index (χ1) is 8.08. The van der Waals surface area contributed by atoms with Crippen LogP contribution >= 0.6 is 27.5 Å². The van der Waals surface area contributed by atoms with Gasteiger partial charge in [0.2, 0.25) is 0 Å². The summed E-state index contributed by atoms with van der Waals surface area (Å²) < 4.78 is 6.74. The highest BCUT2D eigenvalue weighted by molar-refractivity contribution is 9.10. The maximum atomic E-state index is 6.04. The lowest BCUT2D eigenvalue weighted by Crippen LogP contribution is -1.93. The molecule has 0 bridgehead atoms. The van der Waals surface area contributed by atoms with Crippen LogP contribution < -0.4 is 10.5 Å². The summed E-state index contributed by atoms with van der Waals surface area (Å²) in [7, 11) is 0. The molecule has 0 radical (unpaired) electrons. The Morgan fingerprint density at radius 1 is 1.24 bits per heavy atom. The van der Waals surface area contributed by atoms with Crippen molar-refractivity contribution < 1.29 is 4.74 Å². The van der Waals surface area contributed by atoms with E-state index in [1.807, 2.05) is 25.1 Å². The van der Waals surface area contributed by atoms with E-state index in [1.54, 1.807) is 18.2 Å². The molecule has 88 valence electrons. The van der Waals surface area contributed by atoms with Crippen LogP contribution in [0.3, 0.4) is 0 Å². The van der Waals surface area contributed by atoms with Crippen LogP contribution in [0.4, 0.5) is 5.69 Å². The number of benzene rings is 2. The van der Waals surface area contributed by atoms with Gasteiger partial charge in [0.1, 0.15) is 5.75 Å². The van der Waals surface area contributed by atoms with Gasteiger partial charge < -0.3 is 10.5 Å². The lowest BCUT2D eigenvalue weighted by Gasteiger charge is -2.11. The van der Waals surface area contributed by atoms with Crippen LogP contribution in [-0.2, 0) is 0 Å². The van der Waals surface area contributed by atoms with Crippen molar-refractivity contribution in [2.24, 2.45) is 0 Å². The standard InChI is InChI=1S/C13H11BrClNO/c1-8-7-9(5-6-10(8)14)17-13-11(15)3-2-4-12(13)16/h2-7H,16H2,1H3. The van der Waals surface area contributed by atoms with E-state index in [2.05, 4.69) is 15.9 Å². The summed E-state index contributed by atoms with van der Waals surface area (Å²) in [6.07, 6.45) is 0. The first kappa shape index (κ1) is 12.3. The minimum Gasteiger partial charge on any atom is -0.454 e. The fraction of sp³-hybridized carbons (Fsp3) is 0.0769. The second kappa shape index (κ2) is 4.98. The average molecular weight is 313 g/mol. The Kier molecular flexibility index (Phi) is 3.60. The zero-order valence-corrected chi connectivity index (χ0v) is 11.5. The van der Waals surface area contributed by atoms with Crippen molar-refractivity contribution in [3.63, 3.8) is 0 Å². The van der Waals surface area contributed by atoms with Crippen molar-refractivity contribution in [3.8, 4) is 11.5 Å². The van der Waals surface area contributed by atoms with Crippen LogP contribution in [0.5, 0.6) is 11.5 Å². The lowest BCUT2D eigenvalue weighted by molar-refractivity contribution is 0.485. The number of hydrogen-bond acceptors (Lipinski definition) is 2. The number of ether oxygens (including phenoxy) is 1. The number of para-hydroxylation sites is 1. The van der Waals surface area contributed by atoms with E-state index in [4.69, 9.17) is 22.1 Å². The van der Waals surface area contributed by atoms with Gasteiger partial charge in [0.15, 0.2) is 5.75 Å². The Morgan fingerprint density at radius 2 is 2.00 bits per heavy atom. The molecule has 0 amide bonds. The van der Waals surface area contributed by atoms with Gasteiger partial charge in [-0.2, -0.15) is 0 Å². The van der Waals surface area contributed by atoms with Gasteiger partial charge >= 0.3 is 0 Å². The molecule has 0 aliphatic rings. The number of anilines is 1. The Hall–Kier alpha value is -1.19. The van der Waals surface area contributed by atoms with E-state index in [-0.39, 0.29) is 0 Å². The van der Waals surface area contributed by atoms with E-state index < -0.39 is 0 Å². The molecule has 0 fully saturated rings. The van der Waals surface area contributed by atoms with Crippen molar-refractivity contribution >= 4 is 33.2 Å². The quantitative estimate of drug-likeness (QED) is 0.810. The van der Waals surface area contributed by atoms with Crippen LogP contribution in [0.1, 0.15) is 5.56 Å². The third kappa shape index (κ3) is 2.73. The Morgan fingerprint density at radius 3 is 2.65 bits per heavy atom. The molecule has 0 aromatic heterocycles. The first-order valence-electron chi connectivity index (χ1n) is 5.06. The smallest absolute Gasteiger partial charge is 0.168 e. The fourth-order valence-electron chi connectivity index (χ4n) is 1.43. The van der Waals surface area contributed by atoms with Gasteiger partial charge in [-0.05, 0) is 42.8 Å². The second-order valence-electron chi connectivity index (χ2n) is 3.67. The van der Waals surface area contributed by atoms with Crippen molar-refractivity contribution in [3.05, 3.63) is 51.5 Å². The molecule has 0 saturated heterocycles. The molecule has 2 aromatic carbocycles. The number of nitrogen functional groups attached to an aromatic ring is 1. The molecule has 0 saturated carbocycles. The highest BCUT2D eigenvalue weighted by atomic mass is 79.9. The van der Waals surface area contributed by atoms with Crippen molar-refractivity contribution in [1.29, 1.82) is 0 Å². The average Bonchev–Trinajstić information content (AvgIpc) is 2.28. The van der Waals surface area contributed by atoms with Crippen LogP contribution in [0.2, 0.25) is 5.02 Å². The maximum Gasteiger partial charge on any atom is 0.168 e. The van der Waals surface area contributed by atoms with Gasteiger partial charge in [0.25, 0.3) is 0 Å². The Labute approximate surface area is 113 Å². The highest BCUT2D eigenvalue weighted by Crippen LogP contribution is 2.35. The zero-order valence-electron chi connectivity index (χ0n) is 9.21. The van der Waals surface area contributed by atoms with Gasteiger partial charge in [-0.1, -0.05) is 33.6 Å². The van der Waals surface area contributed by atoms with Crippen LogP contribution in [-0.4, -0.2) is 0 Å². The first-order valence-corrected chi connectivity index (χ1v) is 6.23. The Bertz CT molecular complexity index is 537. The number of halogens is 2. The number of nitrogens with two attached hydrogens (primary N) is 1. The van der Waals surface area contributed by atoms with Crippen molar-refractivity contribution in [2.75, 3.05) is 5.73 Å². The summed E-state index contributed by atoms with van der Waals surface area (Å²) in [6, 6.07) is 11.0. The number of hydrogen-bond donors (Lipinski definition) is 1. The van der Waals surface area contributed by atoms with E-state index in [0.29, 0.717) is 22.2 Å². The highest BCUT2D eigenvalue weighted by Gasteiger charge is 2.07. The normalized spacial score (nSPS) is 10.3.